The number of hydrogen-bond donors (Lipinski definition) is 2. The zero-order valence-electron chi connectivity index (χ0n) is 16.2. The minimum Gasteiger partial charge on any atom is -0.483 e. The van der Waals surface area contributed by atoms with Crippen molar-refractivity contribution in [3.8, 4) is 5.75 Å². The topological polar surface area (TPSA) is 67.4 Å². The van der Waals surface area contributed by atoms with E-state index in [0.717, 1.165) is 24.2 Å². The summed E-state index contributed by atoms with van der Waals surface area (Å²) in [4.78, 5) is 24.1. The molecule has 144 valence electrons. The van der Waals surface area contributed by atoms with Crippen LogP contribution in [0.1, 0.15) is 55.5 Å². The van der Waals surface area contributed by atoms with Gasteiger partial charge in [0.1, 0.15) is 5.75 Å². The molecule has 0 atom stereocenters. The molecule has 0 saturated carbocycles. The Morgan fingerprint density at radius 2 is 1.74 bits per heavy atom. The first-order valence-electron chi connectivity index (χ1n) is 9.41. The molecule has 0 saturated heterocycles. The first-order chi connectivity index (χ1) is 13.0. The second kappa shape index (κ2) is 10.4. The van der Waals surface area contributed by atoms with Crippen molar-refractivity contribution in [2.24, 2.45) is 0 Å². The van der Waals surface area contributed by atoms with Crippen LogP contribution in [-0.2, 0) is 4.79 Å². The molecule has 0 aliphatic heterocycles. The van der Waals surface area contributed by atoms with Crippen molar-refractivity contribution in [3.63, 3.8) is 0 Å². The molecule has 2 aromatic carbocycles. The standard InChI is InChI=1S/C22H28N2O3/c1-4-5-14-23-22(26)17-10-12-18(13-11-17)24-21(25)15-27-20-9-7-6-8-19(20)16(2)3/h6-13,16H,4-5,14-15H2,1-3H3,(H,23,26)(H,24,25). The predicted octanol–water partition coefficient (Wildman–Crippen LogP) is 4.36. The number of nitrogens with one attached hydrogen (secondary N) is 2. The summed E-state index contributed by atoms with van der Waals surface area (Å²) in [5.41, 5.74) is 2.28. The second-order valence-corrected chi connectivity index (χ2v) is 6.72. The predicted molar refractivity (Wildman–Crippen MR) is 108 cm³/mol. The maximum Gasteiger partial charge on any atom is 0.262 e. The first kappa shape index (κ1) is 20.5. The molecule has 0 spiro atoms. The van der Waals surface area contributed by atoms with Gasteiger partial charge in [0.25, 0.3) is 11.8 Å². The van der Waals surface area contributed by atoms with E-state index in [4.69, 9.17) is 4.74 Å². The van der Waals surface area contributed by atoms with Crippen molar-refractivity contribution in [3.05, 3.63) is 59.7 Å². The summed E-state index contributed by atoms with van der Waals surface area (Å²) in [6.07, 6.45) is 1.99. The average Bonchev–Trinajstić information content (AvgIpc) is 2.67. The van der Waals surface area contributed by atoms with E-state index in [-0.39, 0.29) is 18.4 Å². The average molecular weight is 368 g/mol. The molecular formula is C22H28N2O3. The number of anilines is 1. The first-order valence-corrected chi connectivity index (χ1v) is 9.41. The van der Waals surface area contributed by atoms with Crippen LogP contribution in [0.5, 0.6) is 5.75 Å². The van der Waals surface area contributed by atoms with Crippen molar-refractivity contribution in [1.29, 1.82) is 0 Å². The maximum atomic E-state index is 12.1. The molecule has 0 unspecified atom stereocenters. The number of hydrogen-bond acceptors (Lipinski definition) is 3. The fraction of sp³-hybridized carbons (Fsp3) is 0.364. The Morgan fingerprint density at radius 3 is 2.41 bits per heavy atom. The third-order valence-electron chi connectivity index (χ3n) is 4.15. The van der Waals surface area contributed by atoms with Gasteiger partial charge in [0.2, 0.25) is 0 Å². The summed E-state index contributed by atoms with van der Waals surface area (Å²) >= 11 is 0. The SMILES string of the molecule is CCCCNC(=O)c1ccc(NC(=O)COc2ccccc2C(C)C)cc1. The quantitative estimate of drug-likeness (QED) is 0.646. The van der Waals surface area contributed by atoms with Gasteiger partial charge in [0.15, 0.2) is 6.61 Å². The highest BCUT2D eigenvalue weighted by Crippen LogP contribution is 2.25. The molecule has 5 nitrogen and oxygen atoms in total. The zero-order chi connectivity index (χ0) is 19.6. The number of unbranched alkanes of at least 4 members (excludes halogenated alkanes) is 1. The van der Waals surface area contributed by atoms with E-state index < -0.39 is 0 Å². The van der Waals surface area contributed by atoms with E-state index in [1.165, 1.54) is 0 Å². The Kier molecular flexibility index (Phi) is 7.86. The lowest BCUT2D eigenvalue weighted by Crippen LogP contribution is -2.24. The summed E-state index contributed by atoms with van der Waals surface area (Å²) in [6.45, 7) is 6.85. The van der Waals surface area contributed by atoms with Crippen molar-refractivity contribution < 1.29 is 14.3 Å². The number of rotatable bonds is 9. The molecule has 0 heterocycles. The largest absolute Gasteiger partial charge is 0.483 e. The molecule has 0 bridgehead atoms. The zero-order valence-corrected chi connectivity index (χ0v) is 16.2. The van der Waals surface area contributed by atoms with Gasteiger partial charge >= 0.3 is 0 Å². The highest BCUT2D eigenvalue weighted by atomic mass is 16.5. The lowest BCUT2D eigenvalue weighted by Gasteiger charge is -2.13. The third kappa shape index (κ3) is 6.44. The van der Waals surface area contributed by atoms with E-state index >= 15 is 0 Å². The molecule has 2 amide bonds. The molecule has 2 aromatic rings. The van der Waals surface area contributed by atoms with Crippen LogP contribution in [0.25, 0.3) is 0 Å². The molecule has 27 heavy (non-hydrogen) atoms. The molecule has 2 N–H and O–H groups in total. The highest BCUT2D eigenvalue weighted by Gasteiger charge is 2.10. The Hall–Kier alpha value is -2.82. The van der Waals surface area contributed by atoms with Crippen molar-refractivity contribution in [2.45, 2.75) is 39.5 Å². The van der Waals surface area contributed by atoms with Crippen LogP contribution in [0.3, 0.4) is 0 Å². The van der Waals surface area contributed by atoms with E-state index in [9.17, 15) is 9.59 Å². The lowest BCUT2D eigenvalue weighted by molar-refractivity contribution is -0.118. The molecule has 0 radical (unpaired) electrons. The number of carbonyl (C=O) groups excluding carboxylic acids is 2. The fourth-order valence-corrected chi connectivity index (χ4v) is 2.62. The number of ether oxygens (including phenoxy) is 1. The molecular weight excluding hydrogens is 340 g/mol. The van der Waals surface area contributed by atoms with Crippen LogP contribution in [-0.4, -0.2) is 25.0 Å². The smallest absolute Gasteiger partial charge is 0.262 e. The van der Waals surface area contributed by atoms with Gasteiger partial charge in [-0.15, -0.1) is 0 Å². The van der Waals surface area contributed by atoms with Gasteiger partial charge in [-0.3, -0.25) is 9.59 Å². The summed E-state index contributed by atoms with van der Waals surface area (Å²) in [7, 11) is 0. The Bertz CT molecular complexity index is 754. The summed E-state index contributed by atoms with van der Waals surface area (Å²) in [5, 5.41) is 5.65. The minimum atomic E-state index is -0.242. The molecule has 2 rings (SSSR count). The Balaban J connectivity index is 1.86. The van der Waals surface area contributed by atoms with E-state index in [2.05, 4.69) is 31.4 Å². The van der Waals surface area contributed by atoms with Gasteiger partial charge in [-0.25, -0.2) is 0 Å². The summed E-state index contributed by atoms with van der Waals surface area (Å²) in [5.74, 6) is 0.700. The monoisotopic (exact) mass is 368 g/mol. The van der Waals surface area contributed by atoms with Crippen LogP contribution in [0.15, 0.2) is 48.5 Å². The lowest BCUT2D eigenvalue weighted by atomic mass is 10.0. The molecule has 0 fully saturated rings. The second-order valence-electron chi connectivity index (χ2n) is 6.72. The highest BCUT2D eigenvalue weighted by molar-refractivity contribution is 5.96. The van der Waals surface area contributed by atoms with Crippen molar-refractivity contribution >= 4 is 17.5 Å². The Labute approximate surface area is 161 Å². The Morgan fingerprint density at radius 1 is 1.04 bits per heavy atom. The fourth-order valence-electron chi connectivity index (χ4n) is 2.62. The van der Waals surface area contributed by atoms with E-state index in [1.807, 2.05) is 24.3 Å². The summed E-state index contributed by atoms with van der Waals surface area (Å²) in [6, 6.07) is 14.6. The van der Waals surface area contributed by atoms with Crippen LogP contribution in [0.4, 0.5) is 5.69 Å². The van der Waals surface area contributed by atoms with Gasteiger partial charge in [-0.05, 0) is 48.2 Å². The van der Waals surface area contributed by atoms with Gasteiger partial charge in [0.05, 0.1) is 0 Å². The number of amides is 2. The number of para-hydroxylation sites is 1. The van der Waals surface area contributed by atoms with E-state index in [1.54, 1.807) is 24.3 Å². The van der Waals surface area contributed by atoms with Crippen LogP contribution < -0.4 is 15.4 Å². The van der Waals surface area contributed by atoms with Gasteiger partial charge < -0.3 is 15.4 Å². The third-order valence-corrected chi connectivity index (χ3v) is 4.15. The van der Waals surface area contributed by atoms with Crippen molar-refractivity contribution in [2.75, 3.05) is 18.5 Å². The van der Waals surface area contributed by atoms with Gasteiger partial charge in [0, 0.05) is 17.8 Å². The minimum absolute atomic E-state index is 0.0665. The number of carbonyl (C=O) groups is 2. The van der Waals surface area contributed by atoms with Crippen LogP contribution in [0.2, 0.25) is 0 Å². The summed E-state index contributed by atoms with van der Waals surface area (Å²) < 4.78 is 5.67. The van der Waals surface area contributed by atoms with Crippen LogP contribution in [0, 0.1) is 0 Å². The van der Waals surface area contributed by atoms with Gasteiger partial charge in [-0.1, -0.05) is 45.4 Å². The number of benzene rings is 2. The normalized spacial score (nSPS) is 10.5. The molecule has 0 aliphatic carbocycles. The van der Waals surface area contributed by atoms with Crippen LogP contribution >= 0.6 is 0 Å². The maximum absolute atomic E-state index is 12.1. The van der Waals surface area contributed by atoms with Gasteiger partial charge in [-0.2, -0.15) is 0 Å². The van der Waals surface area contributed by atoms with Crippen molar-refractivity contribution in [1.82, 2.24) is 5.32 Å². The molecule has 5 heteroatoms. The molecule has 0 aromatic heterocycles. The molecule has 0 aliphatic rings. The van der Waals surface area contributed by atoms with E-state index in [0.29, 0.717) is 23.7 Å².